The first-order chi connectivity index (χ1) is 16.5. The van der Waals surface area contributed by atoms with Gasteiger partial charge in [0.15, 0.2) is 0 Å². The number of nitrogens with zero attached hydrogens (tertiary/aromatic N) is 1. The predicted molar refractivity (Wildman–Crippen MR) is 141 cm³/mol. The molecule has 8 nitrogen and oxygen atoms in total. The summed E-state index contributed by atoms with van der Waals surface area (Å²) >= 11 is 0. The fraction of sp³-hybridized carbons (Fsp3) is 0.679. The van der Waals surface area contributed by atoms with Crippen LogP contribution in [0.3, 0.4) is 0 Å². The summed E-state index contributed by atoms with van der Waals surface area (Å²) in [5.74, 6) is -0.359. The van der Waals surface area contributed by atoms with Gasteiger partial charge in [-0.3, -0.25) is 9.59 Å². The van der Waals surface area contributed by atoms with Crippen LogP contribution in [0.1, 0.15) is 98.2 Å². The molecule has 0 spiro atoms. The third-order valence-corrected chi connectivity index (χ3v) is 5.98. The number of carbonyl (C=O) groups excluding carboxylic acids is 3. The van der Waals surface area contributed by atoms with Gasteiger partial charge in [-0.25, -0.2) is 4.79 Å². The van der Waals surface area contributed by atoms with Crippen molar-refractivity contribution in [3.8, 4) is 5.75 Å². The monoisotopic (exact) mass is 503 g/mol. The van der Waals surface area contributed by atoms with Crippen molar-refractivity contribution in [1.29, 1.82) is 0 Å². The number of alkyl carbamates (subject to hydrolysis) is 1. The predicted octanol–water partition coefficient (Wildman–Crippen LogP) is 4.98. The molecule has 0 aromatic heterocycles. The number of rotatable bonds is 8. The lowest BCUT2D eigenvalue weighted by Crippen LogP contribution is -2.58. The highest BCUT2D eigenvalue weighted by Crippen LogP contribution is 2.35. The number of benzene rings is 1. The summed E-state index contributed by atoms with van der Waals surface area (Å²) in [4.78, 5) is 42.2. The highest BCUT2D eigenvalue weighted by molar-refractivity contribution is 5.92. The number of phenols is 1. The number of hydrogen-bond acceptors (Lipinski definition) is 5. The molecule has 1 aromatic carbocycles. The van der Waals surface area contributed by atoms with E-state index < -0.39 is 29.3 Å². The van der Waals surface area contributed by atoms with Crippen LogP contribution in [0, 0.1) is 12.8 Å². The highest BCUT2D eigenvalue weighted by Gasteiger charge is 2.42. The Bertz CT molecular complexity index is 941. The maximum Gasteiger partial charge on any atom is 0.408 e. The number of ether oxygens (including phenoxy) is 1. The van der Waals surface area contributed by atoms with Gasteiger partial charge in [-0.15, -0.1) is 0 Å². The van der Waals surface area contributed by atoms with E-state index >= 15 is 0 Å². The first-order valence-electron chi connectivity index (χ1n) is 12.9. The number of amides is 3. The van der Waals surface area contributed by atoms with E-state index in [9.17, 15) is 19.5 Å². The number of nitrogens with one attached hydrogen (secondary N) is 2. The Balaban J connectivity index is 2.54. The van der Waals surface area contributed by atoms with E-state index in [0.29, 0.717) is 17.5 Å². The number of aromatic hydroxyl groups is 1. The third-order valence-electron chi connectivity index (χ3n) is 5.98. The number of phenolic OH excluding ortho intramolecular Hbond substituents is 1. The zero-order valence-corrected chi connectivity index (χ0v) is 23.4. The largest absolute Gasteiger partial charge is 0.508 e. The lowest BCUT2D eigenvalue weighted by atomic mass is 9.87. The Labute approximate surface area is 216 Å². The van der Waals surface area contributed by atoms with Crippen molar-refractivity contribution >= 4 is 17.9 Å². The minimum Gasteiger partial charge on any atom is -0.508 e. The molecule has 8 heteroatoms. The topological polar surface area (TPSA) is 108 Å². The van der Waals surface area contributed by atoms with Crippen LogP contribution in [0.15, 0.2) is 18.2 Å². The van der Waals surface area contributed by atoms with Gasteiger partial charge in [0.1, 0.15) is 23.4 Å². The van der Waals surface area contributed by atoms with Crippen molar-refractivity contribution in [3.63, 3.8) is 0 Å². The van der Waals surface area contributed by atoms with Gasteiger partial charge in [-0.2, -0.15) is 0 Å². The second-order valence-electron chi connectivity index (χ2n) is 12.3. The van der Waals surface area contributed by atoms with E-state index in [2.05, 4.69) is 10.6 Å². The van der Waals surface area contributed by atoms with Gasteiger partial charge in [0.25, 0.3) is 0 Å². The van der Waals surface area contributed by atoms with Crippen molar-refractivity contribution in [2.24, 2.45) is 5.92 Å². The molecule has 2 rings (SSSR count). The van der Waals surface area contributed by atoms with Crippen LogP contribution in [0.25, 0.3) is 0 Å². The van der Waals surface area contributed by atoms with Crippen LogP contribution >= 0.6 is 0 Å². The zero-order chi connectivity index (χ0) is 27.4. The van der Waals surface area contributed by atoms with Crippen molar-refractivity contribution < 1.29 is 24.2 Å². The maximum absolute atomic E-state index is 14.2. The molecule has 202 valence electrons. The summed E-state index contributed by atoms with van der Waals surface area (Å²) in [6, 6.07) is 3.11. The second kappa shape index (κ2) is 11.5. The van der Waals surface area contributed by atoms with Gasteiger partial charge in [0.2, 0.25) is 11.8 Å². The SMILES string of the molecule is Cc1cc(C(C(=O)NC(C)(C)C)N(C(=O)C(CC(C)C)NC(=O)OC(C)(C)C)C2CCC2)ccc1O. The molecule has 2 atom stereocenters. The number of carbonyl (C=O) groups is 3. The number of aryl methyl sites for hydroxylation is 1. The molecule has 3 N–H and O–H groups in total. The van der Waals surface area contributed by atoms with Crippen LogP contribution < -0.4 is 10.6 Å². The maximum atomic E-state index is 14.2. The molecule has 0 bridgehead atoms. The van der Waals surface area contributed by atoms with E-state index in [4.69, 9.17) is 4.74 Å². The normalized spacial score (nSPS) is 16.1. The van der Waals surface area contributed by atoms with E-state index in [-0.39, 0.29) is 29.5 Å². The lowest BCUT2D eigenvalue weighted by Gasteiger charge is -2.44. The van der Waals surface area contributed by atoms with E-state index in [0.717, 1.165) is 19.3 Å². The summed E-state index contributed by atoms with van der Waals surface area (Å²) in [6.07, 6.45) is 2.27. The Morgan fingerprint density at radius 2 is 1.72 bits per heavy atom. The molecular formula is C28H45N3O5. The third kappa shape index (κ3) is 8.42. The fourth-order valence-corrected chi connectivity index (χ4v) is 4.23. The van der Waals surface area contributed by atoms with Gasteiger partial charge in [-0.05, 0) is 103 Å². The molecule has 1 saturated carbocycles. The molecule has 36 heavy (non-hydrogen) atoms. The number of hydrogen-bond donors (Lipinski definition) is 3. The minimum absolute atomic E-state index is 0.120. The van der Waals surface area contributed by atoms with Gasteiger partial charge >= 0.3 is 6.09 Å². The molecule has 3 amide bonds. The van der Waals surface area contributed by atoms with Crippen LogP contribution in [0.2, 0.25) is 0 Å². The molecule has 0 radical (unpaired) electrons. The van der Waals surface area contributed by atoms with Gasteiger partial charge < -0.3 is 25.4 Å². The zero-order valence-electron chi connectivity index (χ0n) is 23.4. The van der Waals surface area contributed by atoms with Crippen LogP contribution in [-0.2, 0) is 14.3 Å². The summed E-state index contributed by atoms with van der Waals surface area (Å²) in [5.41, 5.74) is 0.0180. The summed E-state index contributed by atoms with van der Waals surface area (Å²) in [6.45, 7) is 16.7. The summed E-state index contributed by atoms with van der Waals surface area (Å²) in [5, 5.41) is 15.9. The Kier molecular flexibility index (Phi) is 9.43. The molecule has 0 aliphatic heterocycles. The molecule has 1 fully saturated rings. The first kappa shape index (κ1) is 29.5. The standard InChI is InChI=1S/C28H45N3O5/c1-17(2)15-21(29-26(35)36-28(7,8)9)25(34)31(20-11-10-12-20)23(24(33)30-27(4,5)6)19-13-14-22(32)18(3)16-19/h13-14,16-17,20-21,23,32H,10-12,15H2,1-9H3,(H,29,35)(H,30,33). The van der Waals surface area contributed by atoms with Crippen LogP contribution in [0.5, 0.6) is 5.75 Å². The first-order valence-corrected chi connectivity index (χ1v) is 12.9. The van der Waals surface area contributed by atoms with Crippen LogP contribution in [0.4, 0.5) is 4.79 Å². The highest BCUT2D eigenvalue weighted by atomic mass is 16.6. The second-order valence-corrected chi connectivity index (χ2v) is 12.3. The van der Waals surface area contributed by atoms with Crippen molar-refractivity contribution in [3.05, 3.63) is 29.3 Å². The fourth-order valence-electron chi connectivity index (χ4n) is 4.23. The summed E-state index contributed by atoms with van der Waals surface area (Å²) in [7, 11) is 0. The summed E-state index contributed by atoms with van der Waals surface area (Å²) < 4.78 is 5.44. The van der Waals surface area contributed by atoms with Gasteiger partial charge in [-0.1, -0.05) is 19.9 Å². The molecule has 1 aliphatic carbocycles. The van der Waals surface area contributed by atoms with Crippen molar-refractivity contribution in [2.45, 2.75) is 117 Å². The van der Waals surface area contributed by atoms with Gasteiger partial charge in [0.05, 0.1) is 0 Å². The van der Waals surface area contributed by atoms with E-state index in [1.54, 1.807) is 50.8 Å². The smallest absolute Gasteiger partial charge is 0.408 e. The lowest BCUT2D eigenvalue weighted by molar-refractivity contribution is -0.148. The van der Waals surface area contributed by atoms with E-state index in [1.165, 1.54) is 0 Å². The van der Waals surface area contributed by atoms with Crippen molar-refractivity contribution in [1.82, 2.24) is 15.5 Å². The Morgan fingerprint density at radius 1 is 1.11 bits per heavy atom. The molecule has 0 saturated heterocycles. The molecule has 2 unspecified atom stereocenters. The molecule has 1 aromatic rings. The van der Waals surface area contributed by atoms with Crippen LogP contribution in [-0.4, -0.2) is 51.1 Å². The average molecular weight is 504 g/mol. The molecular weight excluding hydrogens is 458 g/mol. The quantitative estimate of drug-likeness (QED) is 0.464. The molecule has 0 heterocycles. The van der Waals surface area contributed by atoms with E-state index in [1.807, 2.05) is 34.6 Å². The minimum atomic E-state index is -0.906. The Morgan fingerprint density at radius 3 is 2.17 bits per heavy atom. The average Bonchev–Trinajstić information content (AvgIpc) is 2.64. The Hall–Kier alpha value is -2.77. The van der Waals surface area contributed by atoms with Gasteiger partial charge in [0, 0.05) is 11.6 Å². The molecule has 1 aliphatic rings. The van der Waals surface area contributed by atoms with Crippen molar-refractivity contribution in [2.75, 3.05) is 0 Å².